The Kier molecular flexibility index (Phi) is 8.61. The molecule has 0 bridgehead atoms. The highest BCUT2D eigenvalue weighted by atomic mass is 79.9. The lowest BCUT2D eigenvalue weighted by molar-refractivity contribution is -0.136. The van der Waals surface area contributed by atoms with Crippen LogP contribution < -0.4 is 10.2 Å². The molecule has 0 spiro atoms. The molecule has 2 aliphatic rings. The van der Waals surface area contributed by atoms with Gasteiger partial charge in [-0.05, 0) is 47.4 Å². The maximum atomic E-state index is 12.5. The van der Waals surface area contributed by atoms with Crippen molar-refractivity contribution in [1.82, 2.24) is 15.2 Å². The summed E-state index contributed by atoms with van der Waals surface area (Å²) in [5, 5.41) is 3.32. The number of hydrogen-bond acceptors (Lipinski definition) is 4. The summed E-state index contributed by atoms with van der Waals surface area (Å²) < 4.78 is 0.991. The summed E-state index contributed by atoms with van der Waals surface area (Å²) in [5.41, 5.74) is 0. The van der Waals surface area contributed by atoms with Gasteiger partial charge in [-0.2, -0.15) is 0 Å². The lowest BCUT2D eigenvalue weighted by Gasteiger charge is -2.37. The van der Waals surface area contributed by atoms with Crippen LogP contribution in [-0.4, -0.2) is 55.1 Å². The van der Waals surface area contributed by atoms with Gasteiger partial charge in [-0.1, -0.05) is 0 Å². The van der Waals surface area contributed by atoms with Crippen LogP contribution in [0.4, 0.5) is 5.82 Å². The molecule has 3 rings (SSSR count). The number of nitrogens with zero attached hydrogens (tertiary/aromatic N) is 3. The van der Waals surface area contributed by atoms with E-state index >= 15 is 0 Å². The van der Waals surface area contributed by atoms with Gasteiger partial charge in [0, 0.05) is 43.4 Å². The number of amides is 1. The van der Waals surface area contributed by atoms with E-state index in [1.165, 1.54) is 0 Å². The average Bonchev–Trinajstić information content (AvgIpc) is 2.56. The number of piperazine rings is 1. The van der Waals surface area contributed by atoms with E-state index in [1.807, 2.05) is 23.2 Å². The Hall–Kier alpha value is -0.560. The summed E-state index contributed by atoms with van der Waals surface area (Å²) in [7, 11) is 0. The molecule has 1 amide bonds. The van der Waals surface area contributed by atoms with E-state index in [0.29, 0.717) is 5.91 Å². The molecular weight excluding hydrogens is 403 g/mol. The molecule has 2 aliphatic heterocycles. The SMILES string of the molecule is Cl.Cl.O=C([C@@H]1CCCNC1)N1CCN(c2ccc(Br)cn2)CC1. The summed E-state index contributed by atoms with van der Waals surface area (Å²) in [5.74, 6) is 1.49. The summed E-state index contributed by atoms with van der Waals surface area (Å²) in [4.78, 5) is 21.2. The van der Waals surface area contributed by atoms with Crippen molar-refractivity contribution in [1.29, 1.82) is 0 Å². The number of pyridine rings is 1. The number of halogens is 3. The van der Waals surface area contributed by atoms with Gasteiger partial charge in [-0.3, -0.25) is 4.79 Å². The van der Waals surface area contributed by atoms with Crippen molar-refractivity contribution in [2.75, 3.05) is 44.2 Å². The zero-order chi connectivity index (χ0) is 14.7. The standard InChI is InChI=1S/C15H21BrN4O.2ClH/c16-13-3-4-14(18-11-13)19-6-8-20(9-7-19)15(21)12-2-1-5-17-10-12;;/h3-4,11-12,17H,1-2,5-10H2;2*1H/t12-;;/m1../s1. The molecule has 1 N–H and O–H groups in total. The van der Waals surface area contributed by atoms with E-state index in [2.05, 4.69) is 31.1 Å². The largest absolute Gasteiger partial charge is 0.353 e. The number of rotatable bonds is 2. The van der Waals surface area contributed by atoms with Crippen molar-refractivity contribution < 1.29 is 4.79 Å². The Morgan fingerprint density at radius 2 is 1.96 bits per heavy atom. The third-order valence-corrected chi connectivity index (χ3v) is 4.74. The second-order valence-corrected chi connectivity index (χ2v) is 6.61. The van der Waals surface area contributed by atoms with Crippen LogP contribution in [0.25, 0.3) is 0 Å². The Balaban J connectivity index is 0.00000132. The Morgan fingerprint density at radius 3 is 2.52 bits per heavy atom. The van der Waals surface area contributed by atoms with Crippen LogP contribution in [0.1, 0.15) is 12.8 Å². The molecule has 0 unspecified atom stereocenters. The summed E-state index contributed by atoms with van der Waals surface area (Å²) in [6.45, 7) is 5.21. The second-order valence-electron chi connectivity index (χ2n) is 5.69. The van der Waals surface area contributed by atoms with Gasteiger partial charge in [0.2, 0.25) is 5.91 Å². The first kappa shape index (κ1) is 20.5. The fourth-order valence-electron chi connectivity index (χ4n) is 3.03. The maximum Gasteiger partial charge on any atom is 0.227 e. The van der Waals surface area contributed by atoms with Crippen LogP contribution in [0.2, 0.25) is 0 Å². The average molecular weight is 426 g/mol. The van der Waals surface area contributed by atoms with Gasteiger partial charge in [-0.25, -0.2) is 4.98 Å². The third kappa shape index (κ3) is 5.21. The molecule has 1 aromatic rings. The predicted molar refractivity (Wildman–Crippen MR) is 101 cm³/mol. The van der Waals surface area contributed by atoms with Crippen LogP contribution in [-0.2, 0) is 4.79 Å². The lowest BCUT2D eigenvalue weighted by Crippen LogP contribution is -2.52. The van der Waals surface area contributed by atoms with E-state index in [9.17, 15) is 4.79 Å². The fraction of sp³-hybridized carbons (Fsp3) is 0.600. The molecule has 0 saturated carbocycles. The minimum absolute atomic E-state index is 0. The first-order valence-electron chi connectivity index (χ1n) is 7.60. The van der Waals surface area contributed by atoms with Crippen molar-refractivity contribution in [2.24, 2.45) is 5.92 Å². The minimum atomic E-state index is 0. The van der Waals surface area contributed by atoms with Crippen LogP contribution in [0.3, 0.4) is 0 Å². The van der Waals surface area contributed by atoms with Gasteiger partial charge >= 0.3 is 0 Å². The van der Waals surface area contributed by atoms with Gasteiger partial charge < -0.3 is 15.1 Å². The van der Waals surface area contributed by atoms with Gasteiger partial charge in [0.15, 0.2) is 0 Å². The Bertz CT molecular complexity index is 489. The molecule has 2 saturated heterocycles. The van der Waals surface area contributed by atoms with Gasteiger partial charge in [0.1, 0.15) is 5.82 Å². The number of piperidine rings is 1. The molecule has 8 heteroatoms. The van der Waals surface area contributed by atoms with Crippen molar-refractivity contribution in [3.8, 4) is 0 Å². The maximum absolute atomic E-state index is 12.5. The van der Waals surface area contributed by atoms with E-state index in [-0.39, 0.29) is 30.7 Å². The van der Waals surface area contributed by atoms with Gasteiger partial charge in [0.05, 0.1) is 5.92 Å². The normalized spacial score (nSPS) is 21.2. The number of aromatic nitrogens is 1. The van der Waals surface area contributed by atoms with E-state index in [4.69, 9.17) is 0 Å². The van der Waals surface area contributed by atoms with E-state index in [1.54, 1.807) is 0 Å². The highest BCUT2D eigenvalue weighted by Gasteiger charge is 2.28. The smallest absolute Gasteiger partial charge is 0.227 e. The molecule has 3 heterocycles. The molecule has 1 aromatic heterocycles. The Morgan fingerprint density at radius 1 is 1.22 bits per heavy atom. The number of carbonyl (C=O) groups excluding carboxylic acids is 1. The number of carbonyl (C=O) groups is 1. The Labute approximate surface area is 158 Å². The number of anilines is 1. The van der Waals surface area contributed by atoms with Crippen LogP contribution >= 0.6 is 40.7 Å². The number of hydrogen-bond donors (Lipinski definition) is 1. The van der Waals surface area contributed by atoms with Crippen LogP contribution in [0, 0.1) is 5.92 Å². The van der Waals surface area contributed by atoms with Crippen molar-refractivity contribution in [3.05, 3.63) is 22.8 Å². The molecule has 1 atom stereocenters. The first-order valence-corrected chi connectivity index (χ1v) is 8.39. The van der Waals surface area contributed by atoms with Crippen molar-refractivity contribution in [3.63, 3.8) is 0 Å². The second kappa shape index (κ2) is 9.67. The van der Waals surface area contributed by atoms with E-state index < -0.39 is 0 Å². The third-order valence-electron chi connectivity index (χ3n) is 4.27. The molecule has 5 nitrogen and oxygen atoms in total. The molecule has 2 fully saturated rings. The first-order chi connectivity index (χ1) is 10.2. The molecule has 0 aromatic carbocycles. The monoisotopic (exact) mass is 424 g/mol. The van der Waals surface area contributed by atoms with Gasteiger partial charge in [-0.15, -0.1) is 24.8 Å². The zero-order valence-electron chi connectivity index (χ0n) is 12.9. The molecule has 0 aliphatic carbocycles. The summed E-state index contributed by atoms with van der Waals surface area (Å²) in [6.07, 6.45) is 3.96. The van der Waals surface area contributed by atoms with Crippen molar-refractivity contribution >= 4 is 52.5 Å². The minimum Gasteiger partial charge on any atom is -0.353 e. The fourth-order valence-corrected chi connectivity index (χ4v) is 3.27. The quantitative estimate of drug-likeness (QED) is 0.789. The molecule has 130 valence electrons. The summed E-state index contributed by atoms with van der Waals surface area (Å²) in [6, 6.07) is 4.03. The van der Waals surface area contributed by atoms with Crippen LogP contribution in [0.5, 0.6) is 0 Å². The van der Waals surface area contributed by atoms with Crippen molar-refractivity contribution in [2.45, 2.75) is 12.8 Å². The van der Waals surface area contributed by atoms with Crippen LogP contribution in [0.15, 0.2) is 22.8 Å². The highest BCUT2D eigenvalue weighted by Crippen LogP contribution is 2.19. The van der Waals surface area contributed by atoms with Gasteiger partial charge in [0.25, 0.3) is 0 Å². The lowest BCUT2D eigenvalue weighted by atomic mass is 9.98. The zero-order valence-corrected chi connectivity index (χ0v) is 16.1. The summed E-state index contributed by atoms with van der Waals surface area (Å²) >= 11 is 3.40. The highest BCUT2D eigenvalue weighted by molar-refractivity contribution is 9.10. The predicted octanol–water partition coefficient (Wildman–Crippen LogP) is 2.34. The molecular formula is C15H23BrCl2N4O. The van der Waals surface area contributed by atoms with E-state index in [0.717, 1.165) is 62.4 Å². The molecule has 23 heavy (non-hydrogen) atoms. The topological polar surface area (TPSA) is 48.5 Å². The molecule has 0 radical (unpaired) electrons. The number of nitrogens with one attached hydrogen (secondary N) is 1.